The SMILES string of the molecule is CCNc1ccnc(C(=O)Nc2ccc([N+](=O)[O-])cc2)c1. The molecule has 0 atom stereocenters. The largest absolute Gasteiger partial charge is 0.385 e. The van der Waals surface area contributed by atoms with Crippen LogP contribution in [0.5, 0.6) is 0 Å². The number of aromatic nitrogens is 1. The number of carbonyl (C=O) groups is 1. The number of nitro benzene ring substituents is 1. The summed E-state index contributed by atoms with van der Waals surface area (Å²) in [5, 5.41) is 16.3. The van der Waals surface area contributed by atoms with Crippen molar-refractivity contribution in [1.82, 2.24) is 4.98 Å². The van der Waals surface area contributed by atoms with Crippen molar-refractivity contribution in [3.05, 3.63) is 58.4 Å². The average molecular weight is 286 g/mol. The van der Waals surface area contributed by atoms with Gasteiger partial charge in [-0.1, -0.05) is 0 Å². The Kier molecular flexibility index (Phi) is 4.45. The lowest BCUT2D eigenvalue weighted by molar-refractivity contribution is -0.384. The monoisotopic (exact) mass is 286 g/mol. The first kappa shape index (κ1) is 14.4. The molecule has 2 N–H and O–H groups in total. The van der Waals surface area contributed by atoms with Crippen LogP contribution in [0.2, 0.25) is 0 Å². The van der Waals surface area contributed by atoms with Gasteiger partial charge in [0, 0.05) is 36.2 Å². The summed E-state index contributed by atoms with van der Waals surface area (Å²) in [6.45, 7) is 2.70. The normalized spacial score (nSPS) is 9.95. The summed E-state index contributed by atoms with van der Waals surface area (Å²) in [6, 6.07) is 9.03. The van der Waals surface area contributed by atoms with Crippen molar-refractivity contribution in [2.24, 2.45) is 0 Å². The summed E-state index contributed by atoms with van der Waals surface area (Å²) in [7, 11) is 0. The first-order valence-electron chi connectivity index (χ1n) is 6.36. The van der Waals surface area contributed by atoms with Gasteiger partial charge in [0.1, 0.15) is 5.69 Å². The molecule has 108 valence electrons. The fourth-order valence-electron chi connectivity index (χ4n) is 1.73. The van der Waals surface area contributed by atoms with E-state index >= 15 is 0 Å². The molecule has 0 saturated carbocycles. The van der Waals surface area contributed by atoms with Crippen molar-refractivity contribution in [1.29, 1.82) is 0 Å². The van der Waals surface area contributed by atoms with E-state index in [-0.39, 0.29) is 17.3 Å². The molecule has 0 aliphatic heterocycles. The maximum atomic E-state index is 12.1. The van der Waals surface area contributed by atoms with Gasteiger partial charge >= 0.3 is 0 Å². The van der Waals surface area contributed by atoms with E-state index in [1.807, 2.05) is 6.92 Å². The Balaban J connectivity index is 2.10. The van der Waals surface area contributed by atoms with Gasteiger partial charge in [0.25, 0.3) is 11.6 Å². The van der Waals surface area contributed by atoms with Crippen LogP contribution in [-0.2, 0) is 0 Å². The fraction of sp³-hybridized carbons (Fsp3) is 0.143. The third kappa shape index (κ3) is 3.75. The Hall–Kier alpha value is -2.96. The molecule has 7 nitrogen and oxygen atoms in total. The van der Waals surface area contributed by atoms with Crippen molar-refractivity contribution >= 4 is 23.0 Å². The van der Waals surface area contributed by atoms with E-state index in [1.54, 1.807) is 18.3 Å². The number of benzene rings is 1. The van der Waals surface area contributed by atoms with Gasteiger partial charge in [0.05, 0.1) is 4.92 Å². The number of anilines is 2. The van der Waals surface area contributed by atoms with Gasteiger partial charge in [-0.15, -0.1) is 0 Å². The van der Waals surface area contributed by atoms with Gasteiger partial charge in [0.15, 0.2) is 0 Å². The highest BCUT2D eigenvalue weighted by molar-refractivity contribution is 6.03. The molecular weight excluding hydrogens is 272 g/mol. The lowest BCUT2D eigenvalue weighted by Crippen LogP contribution is -2.14. The van der Waals surface area contributed by atoms with Gasteiger partial charge < -0.3 is 10.6 Å². The van der Waals surface area contributed by atoms with Gasteiger partial charge in [-0.2, -0.15) is 0 Å². The maximum absolute atomic E-state index is 12.1. The number of carbonyl (C=O) groups excluding carboxylic acids is 1. The average Bonchev–Trinajstić information content (AvgIpc) is 2.48. The number of rotatable bonds is 5. The summed E-state index contributed by atoms with van der Waals surface area (Å²) >= 11 is 0. The Morgan fingerprint density at radius 3 is 2.57 bits per heavy atom. The minimum atomic E-state index is -0.493. The number of non-ortho nitro benzene ring substituents is 1. The van der Waals surface area contributed by atoms with Crippen LogP contribution in [0.15, 0.2) is 42.6 Å². The maximum Gasteiger partial charge on any atom is 0.274 e. The Morgan fingerprint density at radius 2 is 1.95 bits per heavy atom. The molecule has 0 saturated heterocycles. The minimum Gasteiger partial charge on any atom is -0.385 e. The quantitative estimate of drug-likeness (QED) is 0.650. The molecule has 1 amide bonds. The molecule has 0 unspecified atom stereocenters. The van der Waals surface area contributed by atoms with Crippen LogP contribution in [0.3, 0.4) is 0 Å². The zero-order valence-corrected chi connectivity index (χ0v) is 11.4. The zero-order chi connectivity index (χ0) is 15.2. The topological polar surface area (TPSA) is 97.2 Å². The summed E-state index contributed by atoms with van der Waals surface area (Å²) in [4.78, 5) is 26.1. The molecule has 2 aromatic rings. The molecule has 0 fully saturated rings. The third-order valence-corrected chi connectivity index (χ3v) is 2.71. The highest BCUT2D eigenvalue weighted by atomic mass is 16.6. The summed E-state index contributed by atoms with van der Waals surface area (Å²) in [5.41, 5.74) is 1.52. The fourth-order valence-corrected chi connectivity index (χ4v) is 1.73. The van der Waals surface area contributed by atoms with E-state index in [0.717, 1.165) is 12.2 Å². The second-order valence-electron chi connectivity index (χ2n) is 4.22. The van der Waals surface area contributed by atoms with Crippen LogP contribution in [0, 0.1) is 10.1 Å². The predicted octanol–water partition coefficient (Wildman–Crippen LogP) is 2.67. The van der Waals surface area contributed by atoms with Crippen molar-refractivity contribution in [2.45, 2.75) is 6.92 Å². The van der Waals surface area contributed by atoms with Crippen LogP contribution in [0.1, 0.15) is 17.4 Å². The second kappa shape index (κ2) is 6.47. The Bertz CT molecular complexity index is 656. The number of pyridine rings is 1. The van der Waals surface area contributed by atoms with Gasteiger partial charge in [-0.3, -0.25) is 19.9 Å². The van der Waals surface area contributed by atoms with Gasteiger partial charge in [-0.25, -0.2) is 0 Å². The van der Waals surface area contributed by atoms with Crippen LogP contribution >= 0.6 is 0 Å². The van der Waals surface area contributed by atoms with Crippen LogP contribution in [0.25, 0.3) is 0 Å². The molecule has 0 aliphatic carbocycles. The first-order valence-corrected chi connectivity index (χ1v) is 6.36. The molecular formula is C14H14N4O3. The summed E-state index contributed by atoms with van der Waals surface area (Å²) in [5.74, 6) is -0.372. The van der Waals surface area contributed by atoms with E-state index < -0.39 is 4.92 Å². The number of amides is 1. The second-order valence-corrected chi connectivity index (χ2v) is 4.22. The van der Waals surface area contributed by atoms with Crippen LogP contribution in [0.4, 0.5) is 17.1 Å². The number of hydrogen-bond donors (Lipinski definition) is 2. The molecule has 0 bridgehead atoms. The van der Waals surface area contributed by atoms with Gasteiger partial charge in [0.2, 0.25) is 0 Å². The number of nitrogens with zero attached hydrogens (tertiary/aromatic N) is 2. The standard InChI is InChI=1S/C14H14N4O3/c1-2-15-11-7-8-16-13(9-11)14(19)17-10-3-5-12(6-4-10)18(20)21/h3-9H,2H2,1H3,(H,15,16)(H,17,19). The molecule has 1 heterocycles. The molecule has 7 heteroatoms. The van der Waals surface area contributed by atoms with Crippen molar-refractivity contribution in [2.75, 3.05) is 17.2 Å². The number of nitro groups is 1. The molecule has 0 spiro atoms. The van der Waals surface area contributed by atoms with Crippen LogP contribution < -0.4 is 10.6 Å². The van der Waals surface area contributed by atoms with Gasteiger partial charge in [-0.05, 0) is 31.2 Å². The van der Waals surface area contributed by atoms with Crippen molar-refractivity contribution in [3.8, 4) is 0 Å². The summed E-state index contributed by atoms with van der Waals surface area (Å²) in [6.07, 6.45) is 1.54. The highest BCUT2D eigenvalue weighted by Gasteiger charge is 2.10. The minimum absolute atomic E-state index is 0.0275. The lowest BCUT2D eigenvalue weighted by atomic mass is 10.2. The Morgan fingerprint density at radius 1 is 1.24 bits per heavy atom. The predicted molar refractivity (Wildman–Crippen MR) is 79.5 cm³/mol. The van der Waals surface area contributed by atoms with E-state index in [0.29, 0.717) is 5.69 Å². The van der Waals surface area contributed by atoms with E-state index in [9.17, 15) is 14.9 Å². The first-order chi connectivity index (χ1) is 10.1. The summed E-state index contributed by atoms with van der Waals surface area (Å²) < 4.78 is 0. The van der Waals surface area contributed by atoms with E-state index in [2.05, 4.69) is 15.6 Å². The van der Waals surface area contributed by atoms with E-state index in [1.165, 1.54) is 24.3 Å². The molecule has 0 radical (unpaired) electrons. The molecule has 1 aromatic carbocycles. The number of hydrogen-bond acceptors (Lipinski definition) is 5. The molecule has 0 aliphatic rings. The third-order valence-electron chi connectivity index (χ3n) is 2.71. The smallest absolute Gasteiger partial charge is 0.274 e. The Labute approximate surface area is 121 Å². The molecule has 1 aromatic heterocycles. The van der Waals surface area contributed by atoms with Crippen molar-refractivity contribution in [3.63, 3.8) is 0 Å². The van der Waals surface area contributed by atoms with Crippen LogP contribution in [-0.4, -0.2) is 22.4 Å². The molecule has 21 heavy (non-hydrogen) atoms. The van der Waals surface area contributed by atoms with E-state index in [4.69, 9.17) is 0 Å². The number of nitrogens with one attached hydrogen (secondary N) is 2. The zero-order valence-electron chi connectivity index (χ0n) is 11.4. The molecule has 2 rings (SSSR count). The lowest BCUT2D eigenvalue weighted by Gasteiger charge is -2.07. The highest BCUT2D eigenvalue weighted by Crippen LogP contribution is 2.16. The van der Waals surface area contributed by atoms with Crippen molar-refractivity contribution < 1.29 is 9.72 Å².